The topological polar surface area (TPSA) is 147 Å². The first-order valence-electron chi connectivity index (χ1n) is 5.80. The number of hydrogen-bond donors (Lipinski definition) is 5. The van der Waals surface area contributed by atoms with Gasteiger partial charge < -0.3 is 35.0 Å². The van der Waals surface area contributed by atoms with E-state index in [1.54, 1.807) is 6.92 Å². The predicted octanol–water partition coefficient (Wildman–Crippen LogP) is -1.60. The van der Waals surface area contributed by atoms with Crippen molar-refractivity contribution in [3.8, 4) is 0 Å². The first kappa shape index (κ1) is 16.5. The minimum absolute atomic E-state index is 0.185. The van der Waals surface area contributed by atoms with E-state index in [-0.39, 0.29) is 6.54 Å². The van der Waals surface area contributed by atoms with Crippen LogP contribution in [-0.4, -0.2) is 60.3 Å². The minimum atomic E-state index is -2.86. The molecule has 0 aromatic carbocycles. The zero-order chi connectivity index (χ0) is 14.4. The quantitative estimate of drug-likeness (QED) is 0.204. The zero-order valence-electron chi connectivity index (χ0n) is 10.5. The van der Waals surface area contributed by atoms with Crippen molar-refractivity contribution in [3.63, 3.8) is 0 Å². The SMILES string of the molecule is C[C@H](CN)O[PH](=O)O[C@H]1[C@@H](O)[C@@H](NC=N)O[C@@H]1CO. The lowest BCUT2D eigenvalue weighted by Crippen LogP contribution is -2.40. The van der Waals surface area contributed by atoms with Crippen LogP contribution >= 0.6 is 8.25 Å². The molecule has 0 saturated carbocycles. The number of nitrogens with one attached hydrogen (secondary N) is 2. The smallest absolute Gasteiger partial charge is 0.319 e. The molecule has 0 radical (unpaired) electrons. The summed E-state index contributed by atoms with van der Waals surface area (Å²) in [6.07, 6.45) is -3.52. The van der Waals surface area contributed by atoms with Gasteiger partial charge in [-0.2, -0.15) is 0 Å². The van der Waals surface area contributed by atoms with Gasteiger partial charge in [0.2, 0.25) is 0 Å². The van der Waals surface area contributed by atoms with Crippen molar-refractivity contribution in [2.45, 2.75) is 37.6 Å². The van der Waals surface area contributed by atoms with E-state index in [1.807, 2.05) is 0 Å². The van der Waals surface area contributed by atoms with Gasteiger partial charge in [0.05, 0.1) is 19.0 Å². The van der Waals surface area contributed by atoms with Crippen molar-refractivity contribution in [2.24, 2.45) is 5.73 Å². The lowest BCUT2D eigenvalue weighted by molar-refractivity contribution is -0.0235. The molecule has 1 aliphatic rings. The molecule has 0 bridgehead atoms. The fraction of sp³-hybridized carbons (Fsp3) is 0.889. The minimum Gasteiger partial charge on any atom is -0.394 e. The molecule has 9 nitrogen and oxygen atoms in total. The molecule has 0 aliphatic carbocycles. The molecule has 1 saturated heterocycles. The van der Waals surface area contributed by atoms with E-state index in [1.165, 1.54) is 0 Å². The predicted molar refractivity (Wildman–Crippen MR) is 67.1 cm³/mol. The molecule has 1 fully saturated rings. The number of aliphatic hydroxyl groups excluding tert-OH is 2. The largest absolute Gasteiger partial charge is 0.394 e. The van der Waals surface area contributed by atoms with Crippen LogP contribution in [0.5, 0.6) is 0 Å². The molecule has 0 aromatic rings. The van der Waals surface area contributed by atoms with Gasteiger partial charge in [0, 0.05) is 6.54 Å². The summed E-state index contributed by atoms with van der Waals surface area (Å²) in [6.45, 7) is 1.40. The third-order valence-electron chi connectivity index (χ3n) is 2.62. The van der Waals surface area contributed by atoms with Gasteiger partial charge in [-0.3, -0.25) is 9.97 Å². The standard InChI is InChI=1S/C9H20N3O6P/c1-5(2-10)17-19(15)18-8-6(3-13)16-9(7(8)14)12-4-11/h4-9,13-14,19H,2-3,10H2,1H3,(H2,11,12)/t5-,6-,7-,8-,9+/m1/s1. The van der Waals surface area contributed by atoms with E-state index in [2.05, 4.69) is 5.32 Å². The summed E-state index contributed by atoms with van der Waals surface area (Å²) in [6, 6.07) is 0. The van der Waals surface area contributed by atoms with Crippen molar-refractivity contribution in [3.05, 3.63) is 0 Å². The molecule has 1 rings (SSSR count). The molecule has 0 amide bonds. The van der Waals surface area contributed by atoms with E-state index in [0.717, 1.165) is 6.34 Å². The third-order valence-corrected chi connectivity index (χ3v) is 3.68. The summed E-state index contributed by atoms with van der Waals surface area (Å²) in [5.41, 5.74) is 5.32. The number of nitrogens with two attached hydrogens (primary N) is 1. The molecule has 6 N–H and O–H groups in total. The van der Waals surface area contributed by atoms with Gasteiger partial charge in [-0.25, -0.2) is 0 Å². The van der Waals surface area contributed by atoms with E-state index < -0.39 is 45.5 Å². The number of rotatable bonds is 8. The molecule has 6 atom stereocenters. The van der Waals surface area contributed by atoms with Crippen molar-refractivity contribution in [2.75, 3.05) is 13.2 Å². The summed E-state index contributed by atoms with van der Waals surface area (Å²) in [4.78, 5) is 0. The second kappa shape index (κ2) is 7.91. The van der Waals surface area contributed by atoms with Gasteiger partial charge in [-0.05, 0) is 6.92 Å². The van der Waals surface area contributed by atoms with Crippen LogP contribution in [0.1, 0.15) is 6.92 Å². The van der Waals surface area contributed by atoms with E-state index >= 15 is 0 Å². The first-order valence-corrected chi connectivity index (χ1v) is 7.02. The Labute approximate surface area is 111 Å². The molecule has 10 heteroatoms. The van der Waals surface area contributed by atoms with Gasteiger partial charge in [0.15, 0.2) is 6.23 Å². The maximum atomic E-state index is 11.6. The first-order chi connectivity index (χ1) is 9.03. The lowest BCUT2D eigenvalue weighted by atomic mass is 10.1. The number of aliphatic hydroxyl groups is 2. The Kier molecular flexibility index (Phi) is 6.87. The highest BCUT2D eigenvalue weighted by molar-refractivity contribution is 7.33. The zero-order valence-corrected chi connectivity index (χ0v) is 11.5. The highest BCUT2D eigenvalue weighted by atomic mass is 31.1. The van der Waals surface area contributed by atoms with Crippen LogP contribution in [0.4, 0.5) is 0 Å². The fourth-order valence-corrected chi connectivity index (χ4v) is 2.60. The Morgan fingerprint density at radius 3 is 2.89 bits per heavy atom. The molecule has 19 heavy (non-hydrogen) atoms. The van der Waals surface area contributed by atoms with Gasteiger partial charge in [0.25, 0.3) is 0 Å². The van der Waals surface area contributed by atoms with Crippen molar-refractivity contribution in [1.82, 2.24) is 5.32 Å². The Morgan fingerprint density at radius 2 is 2.37 bits per heavy atom. The van der Waals surface area contributed by atoms with E-state index in [4.69, 9.17) is 30.0 Å². The molecular weight excluding hydrogens is 277 g/mol. The van der Waals surface area contributed by atoms with Crippen LogP contribution in [0.15, 0.2) is 0 Å². The highest BCUT2D eigenvalue weighted by Crippen LogP contribution is 2.34. The summed E-state index contributed by atoms with van der Waals surface area (Å²) in [7, 11) is -2.86. The number of ether oxygens (including phenoxy) is 1. The molecule has 1 unspecified atom stereocenters. The Morgan fingerprint density at radius 1 is 1.68 bits per heavy atom. The van der Waals surface area contributed by atoms with E-state index in [0.29, 0.717) is 0 Å². The van der Waals surface area contributed by atoms with Gasteiger partial charge >= 0.3 is 8.25 Å². The summed E-state index contributed by atoms with van der Waals surface area (Å²) in [5, 5.41) is 28.3. The molecule has 0 aromatic heterocycles. The van der Waals surface area contributed by atoms with Crippen LogP contribution < -0.4 is 11.1 Å². The average molecular weight is 297 g/mol. The second-order valence-corrected chi connectivity index (χ2v) is 5.05. The average Bonchev–Trinajstić information content (AvgIpc) is 2.67. The molecule has 112 valence electrons. The number of hydrogen-bond acceptors (Lipinski definition) is 8. The Bertz CT molecular complexity index is 320. The highest BCUT2D eigenvalue weighted by Gasteiger charge is 2.45. The summed E-state index contributed by atoms with van der Waals surface area (Å²) in [5.74, 6) is 0. The van der Waals surface area contributed by atoms with Crippen molar-refractivity contribution in [1.29, 1.82) is 5.41 Å². The van der Waals surface area contributed by atoms with E-state index in [9.17, 15) is 9.67 Å². The third kappa shape index (κ3) is 4.50. The van der Waals surface area contributed by atoms with Crippen LogP contribution in [0.2, 0.25) is 0 Å². The molecule has 1 heterocycles. The lowest BCUT2D eigenvalue weighted by Gasteiger charge is -2.20. The van der Waals surface area contributed by atoms with Gasteiger partial charge in [0.1, 0.15) is 18.3 Å². The molecular formula is C9H20N3O6P. The van der Waals surface area contributed by atoms with Gasteiger partial charge in [-0.1, -0.05) is 0 Å². The van der Waals surface area contributed by atoms with Crippen LogP contribution in [-0.2, 0) is 18.3 Å². The summed E-state index contributed by atoms with van der Waals surface area (Å²) >= 11 is 0. The maximum absolute atomic E-state index is 11.6. The van der Waals surface area contributed by atoms with Crippen LogP contribution in [0.3, 0.4) is 0 Å². The molecule has 0 spiro atoms. The van der Waals surface area contributed by atoms with Crippen LogP contribution in [0, 0.1) is 5.41 Å². The summed E-state index contributed by atoms with van der Waals surface area (Å²) < 4.78 is 26.9. The maximum Gasteiger partial charge on any atom is 0.319 e. The normalized spacial score (nSPS) is 33.9. The van der Waals surface area contributed by atoms with Gasteiger partial charge in [-0.15, -0.1) is 0 Å². The molecule has 1 aliphatic heterocycles. The second-order valence-electron chi connectivity index (χ2n) is 4.08. The Balaban J connectivity index is 2.59. The Hall–Kier alpha value is -0.540. The monoisotopic (exact) mass is 297 g/mol. The fourth-order valence-electron chi connectivity index (χ4n) is 1.60. The van der Waals surface area contributed by atoms with Crippen molar-refractivity contribution < 1.29 is 28.6 Å². The van der Waals surface area contributed by atoms with Crippen molar-refractivity contribution >= 4 is 14.6 Å². The van der Waals surface area contributed by atoms with Crippen LogP contribution in [0.25, 0.3) is 0 Å².